The quantitative estimate of drug-likeness (QED) is 0.367. The molecule has 0 aromatic heterocycles. The summed E-state index contributed by atoms with van der Waals surface area (Å²) in [6, 6.07) is 0. The fourth-order valence-electron chi connectivity index (χ4n) is 0. The van der Waals surface area contributed by atoms with Crippen LogP contribution in [0.5, 0.6) is 0 Å². The van der Waals surface area contributed by atoms with Crippen LogP contribution in [0.4, 0.5) is 0 Å². The zero-order valence-electron chi connectivity index (χ0n) is 1.96. The van der Waals surface area contributed by atoms with Crippen LogP contribution in [0.1, 0.15) is 0 Å². The zero-order valence-corrected chi connectivity index (χ0v) is 4.24. The summed E-state index contributed by atoms with van der Waals surface area (Å²) in [5.41, 5.74) is 0. The molecule has 0 atom stereocenters. The molecule has 0 N–H and O–H groups in total. The van der Waals surface area contributed by atoms with Gasteiger partial charge in [-0.3, -0.25) is 0 Å². The molecule has 3 nitrogen and oxygen atoms in total. The average molecular weight is 159 g/mol. The van der Waals surface area contributed by atoms with Crippen LogP contribution >= 0.6 is 0 Å². The third kappa shape index (κ3) is 62.9. The number of hydrogen-bond acceptors (Lipinski definition) is 3. The molecule has 33 valence electrons. The van der Waals surface area contributed by atoms with E-state index in [0.29, 0.717) is 0 Å². The molecule has 5 heteroatoms. The van der Waals surface area contributed by atoms with Crippen molar-refractivity contribution in [3.8, 4) is 0 Å². The van der Waals surface area contributed by atoms with Gasteiger partial charge in [-0.25, -0.2) is 0 Å². The molecular weight excluding hydrogens is 159 g/mol. The topological polar surface area (TPSA) is 63.2 Å². The van der Waals surface area contributed by atoms with Gasteiger partial charge in [-0.05, 0) is 0 Å². The van der Waals surface area contributed by atoms with E-state index in [1.807, 2.05) is 0 Å². The van der Waals surface area contributed by atoms with Crippen molar-refractivity contribution in [3.05, 3.63) is 0 Å². The summed E-state index contributed by atoms with van der Waals surface area (Å²) in [6.07, 6.45) is 0. The minimum absolute atomic E-state index is 0. The minimum atomic E-state index is -3.65. The molecule has 0 spiro atoms. The second-order valence-corrected chi connectivity index (χ2v) is 0.779. The average Bonchev–Trinajstić information content (AvgIpc) is 0.811. The number of hydrogen-bond donors (Lipinski definition) is 0. The van der Waals surface area contributed by atoms with Crippen LogP contribution in [0.3, 0.4) is 0 Å². The van der Waals surface area contributed by atoms with Gasteiger partial charge in [0.1, 0.15) is 0 Å². The molecule has 0 aliphatic heterocycles. The van der Waals surface area contributed by atoms with Gasteiger partial charge in [-0.1, -0.05) is 0 Å². The van der Waals surface area contributed by atoms with Crippen molar-refractivity contribution in [3.63, 3.8) is 0 Å². The Morgan fingerprint density at radius 3 is 1.40 bits per heavy atom. The molecule has 5 heavy (non-hydrogen) atoms. The third-order valence-electron chi connectivity index (χ3n) is 0. The molecule has 0 heterocycles. The summed E-state index contributed by atoms with van der Waals surface area (Å²) in [5.74, 6) is 0. The Kier molecular flexibility index (Phi) is 8.79. The molecular formula is FeMnO3. The van der Waals surface area contributed by atoms with Crippen molar-refractivity contribution in [1.82, 2.24) is 0 Å². The summed E-state index contributed by atoms with van der Waals surface area (Å²) in [7, 11) is 0. The SMILES string of the molecule is [Fe+2].[O]=[Mn]([O-])[O-]. The van der Waals surface area contributed by atoms with Crippen LogP contribution in [-0.4, -0.2) is 0 Å². The molecule has 0 aromatic carbocycles. The summed E-state index contributed by atoms with van der Waals surface area (Å²) < 4.78 is 25.6. The van der Waals surface area contributed by atoms with Gasteiger partial charge >= 0.3 is 43.8 Å². The summed E-state index contributed by atoms with van der Waals surface area (Å²) >= 11 is -3.65. The first-order valence-corrected chi connectivity index (χ1v) is 1.91. The second kappa shape index (κ2) is 4.76. The molecule has 0 radical (unpaired) electrons. The molecule has 0 fully saturated rings. The zero-order chi connectivity index (χ0) is 3.58. The first-order chi connectivity index (χ1) is 1.73. The molecule has 0 aromatic rings. The van der Waals surface area contributed by atoms with Crippen LogP contribution in [0.2, 0.25) is 0 Å². The molecule has 0 aliphatic carbocycles. The Morgan fingerprint density at radius 2 is 1.40 bits per heavy atom. The molecule has 0 aliphatic rings. The molecule has 0 saturated heterocycles. The van der Waals surface area contributed by atoms with Gasteiger partial charge in [-0.15, -0.1) is 0 Å². The van der Waals surface area contributed by atoms with Gasteiger partial charge in [0.2, 0.25) is 0 Å². The predicted molar refractivity (Wildman–Crippen MR) is 0.686 cm³/mol. The Bertz CT molecular complexity index is 29.9. The summed E-state index contributed by atoms with van der Waals surface area (Å²) in [5, 5.41) is 0. The van der Waals surface area contributed by atoms with E-state index in [4.69, 9.17) is 12.2 Å². The standard InChI is InChI=1S/Fe.Mn.3O/q+2;;;2*-1. The summed E-state index contributed by atoms with van der Waals surface area (Å²) in [6.45, 7) is 0. The van der Waals surface area contributed by atoms with Gasteiger partial charge in [0.25, 0.3) is 0 Å². The van der Waals surface area contributed by atoms with Crippen LogP contribution in [-0.2, 0) is 35.4 Å². The molecule has 0 rings (SSSR count). The fraction of sp³-hybridized carbons (Fsp3) is 0. The van der Waals surface area contributed by atoms with Crippen molar-refractivity contribution >= 4 is 0 Å². The normalized spacial score (nSPS) is 7.00. The van der Waals surface area contributed by atoms with E-state index in [1.165, 1.54) is 0 Å². The Labute approximate surface area is 44.2 Å². The third-order valence-corrected chi connectivity index (χ3v) is 0. The summed E-state index contributed by atoms with van der Waals surface area (Å²) in [4.78, 5) is 0. The van der Waals surface area contributed by atoms with Crippen LogP contribution < -0.4 is 8.38 Å². The molecule has 0 amide bonds. The van der Waals surface area contributed by atoms with Crippen molar-refractivity contribution in [2.75, 3.05) is 0 Å². The van der Waals surface area contributed by atoms with Crippen LogP contribution in [0, 0.1) is 0 Å². The van der Waals surface area contributed by atoms with E-state index in [-0.39, 0.29) is 17.1 Å². The van der Waals surface area contributed by atoms with E-state index in [0.717, 1.165) is 0 Å². The Hall–Kier alpha value is 0.759. The van der Waals surface area contributed by atoms with Crippen molar-refractivity contribution < 1.29 is 43.8 Å². The van der Waals surface area contributed by atoms with Crippen molar-refractivity contribution in [2.24, 2.45) is 0 Å². The van der Waals surface area contributed by atoms with Gasteiger partial charge < -0.3 is 0 Å². The Balaban J connectivity index is 0. The van der Waals surface area contributed by atoms with E-state index in [9.17, 15) is 0 Å². The number of rotatable bonds is 0. The van der Waals surface area contributed by atoms with E-state index < -0.39 is 14.5 Å². The molecule has 0 saturated carbocycles. The van der Waals surface area contributed by atoms with Crippen molar-refractivity contribution in [1.29, 1.82) is 0 Å². The van der Waals surface area contributed by atoms with E-state index in [1.54, 1.807) is 0 Å². The molecule has 0 bridgehead atoms. The van der Waals surface area contributed by atoms with Crippen LogP contribution in [0.15, 0.2) is 0 Å². The van der Waals surface area contributed by atoms with Crippen LogP contribution in [0.25, 0.3) is 0 Å². The van der Waals surface area contributed by atoms with Gasteiger partial charge in [0.15, 0.2) is 0 Å². The second-order valence-electron chi connectivity index (χ2n) is 0.189. The first kappa shape index (κ1) is 9.23. The fourth-order valence-corrected chi connectivity index (χ4v) is 0. The maximum absolute atomic E-state index is 8.52. The van der Waals surface area contributed by atoms with E-state index in [2.05, 4.69) is 0 Å². The van der Waals surface area contributed by atoms with E-state index >= 15 is 0 Å². The maximum atomic E-state index is 8.52. The Morgan fingerprint density at radius 1 is 1.40 bits per heavy atom. The van der Waals surface area contributed by atoms with Gasteiger partial charge in [-0.2, -0.15) is 0 Å². The monoisotopic (exact) mass is 159 g/mol. The van der Waals surface area contributed by atoms with Gasteiger partial charge in [0.05, 0.1) is 0 Å². The van der Waals surface area contributed by atoms with Crippen molar-refractivity contribution in [2.45, 2.75) is 0 Å². The molecule has 0 unspecified atom stereocenters. The first-order valence-electron chi connectivity index (χ1n) is 0.463. The predicted octanol–water partition coefficient (Wildman–Crippen LogP) is -2.50. The van der Waals surface area contributed by atoms with Gasteiger partial charge in [0, 0.05) is 0 Å².